The average Bonchev–Trinajstić information content (AvgIpc) is 2.43. The second-order valence-electron chi connectivity index (χ2n) is 4.53. The fourth-order valence-electron chi connectivity index (χ4n) is 2.21. The Balaban J connectivity index is 2.08. The molecule has 2 heteroatoms. The van der Waals surface area contributed by atoms with Crippen LogP contribution in [0.15, 0.2) is 48.8 Å². The van der Waals surface area contributed by atoms with Crippen LogP contribution in [0.3, 0.4) is 0 Å². The van der Waals surface area contributed by atoms with Crippen LogP contribution in [0.1, 0.15) is 36.1 Å². The molecule has 1 unspecified atom stereocenters. The number of pyridine rings is 1. The summed E-state index contributed by atoms with van der Waals surface area (Å²) >= 11 is 0. The number of nitrogens with zero attached hydrogens (tertiary/aromatic N) is 1. The summed E-state index contributed by atoms with van der Waals surface area (Å²) in [6.07, 6.45) is 5.80. The second kappa shape index (κ2) is 6.31. The Morgan fingerprint density at radius 2 is 1.89 bits per heavy atom. The number of rotatable bonds is 5. The van der Waals surface area contributed by atoms with Crippen molar-refractivity contribution in [3.8, 4) is 0 Å². The smallest absolute Gasteiger partial charge is 0.0314 e. The molecule has 2 nitrogen and oxygen atoms in total. The SMILES string of the molecule is CCC(NC)c1ccc(Cc2cccnc2)cc1. The minimum Gasteiger partial charge on any atom is -0.313 e. The van der Waals surface area contributed by atoms with Gasteiger partial charge in [-0.1, -0.05) is 37.3 Å². The molecule has 2 aromatic rings. The minimum absolute atomic E-state index is 0.456. The van der Waals surface area contributed by atoms with Crippen molar-refractivity contribution in [2.24, 2.45) is 0 Å². The van der Waals surface area contributed by atoms with Crippen molar-refractivity contribution in [2.75, 3.05) is 7.05 Å². The van der Waals surface area contributed by atoms with Crippen LogP contribution >= 0.6 is 0 Å². The monoisotopic (exact) mass is 240 g/mol. The molecule has 94 valence electrons. The van der Waals surface area contributed by atoms with E-state index in [9.17, 15) is 0 Å². The Kier molecular flexibility index (Phi) is 4.48. The van der Waals surface area contributed by atoms with E-state index < -0.39 is 0 Å². The maximum atomic E-state index is 4.14. The standard InChI is InChI=1S/C16H20N2/c1-3-16(17-2)15-8-6-13(7-9-15)11-14-5-4-10-18-12-14/h4-10,12,16-17H,3,11H2,1-2H3. The molecule has 0 fully saturated rings. The first-order valence-corrected chi connectivity index (χ1v) is 6.48. The fourth-order valence-corrected chi connectivity index (χ4v) is 2.21. The zero-order valence-corrected chi connectivity index (χ0v) is 11.1. The Morgan fingerprint density at radius 3 is 2.44 bits per heavy atom. The summed E-state index contributed by atoms with van der Waals surface area (Å²) in [5.74, 6) is 0. The van der Waals surface area contributed by atoms with E-state index in [2.05, 4.69) is 47.6 Å². The number of aromatic nitrogens is 1. The predicted molar refractivity (Wildman–Crippen MR) is 75.6 cm³/mol. The third-order valence-electron chi connectivity index (χ3n) is 3.27. The highest BCUT2D eigenvalue weighted by Crippen LogP contribution is 2.17. The van der Waals surface area contributed by atoms with Gasteiger partial charge in [-0.05, 0) is 42.6 Å². The highest BCUT2D eigenvalue weighted by molar-refractivity contribution is 5.29. The van der Waals surface area contributed by atoms with Crippen molar-refractivity contribution in [1.29, 1.82) is 0 Å². The lowest BCUT2D eigenvalue weighted by Crippen LogP contribution is -2.14. The molecule has 18 heavy (non-hydrogen) atoms. The molecule has 0 aliphatic carbocycles. The van der Waals surface area contributed by atoms with Crippen LogP contribution in [0.5, 0.6) is 0 Å². The Bertz CT molecular complexity index is 458. The molecule has 1 N–H and O–H groups in total. The topological polar surface area (TPSA) is 24.9 Å². The van der Waals surface area contributed by atoms with Crippen LogP contribution in [0, 0.1) is 0 Å². The first-order chi connectivity index (χ1) is 8.83. The van der Waals surface area contributed by atoms with Crippen molar-refractivity contribution in [1.82, 2.24) is 10.3 Å². The van der Waals surface area contributed by atoms with E-state index in [1.807, 2.05) is 25.5 Å². The average molecular weight is 240 g/mol. The molecule has 1 heterocycles. The quantitative estimate of drug-likeness (QED) is 0.867. The Hall–Kier alpha value is -1.67. The molecule has 2 rings (SSSR count). The molecule has 0 radical (unpaired) electrons. The van der Waals surface area contributed by atoms with Crippen LogP contribution in [0.25, 0.3) is 0 Å². The fraction of sp³-hybridized carbons (Fsp3) is 0.312. The van der Waals surface area contributed by atoms with E-state index in [-0.39, 0.29) is 0 Å². The van der Waals surface area contributed by atoms with Gasteiger partial charge in [-0.25, -0.2) is 0 Å². The lowest BCUT2D eigenvalue weighted by atomic mass is 10.0. The van der Waals surface area contributed by atoms with E-state index >= 15 is 0 Å². The second-order valence-corrected chi connectivity index (χ2v) is 4.53. The summed E-state index contributed by atoms with van der Waals surface area (Å²) in [4.78, 5) is 4.14. The van der Waals surface area contributed by atoms with Gasteiger partial charge >= 0.3 is 0 Å². The highest BCUT2D eigenvalue weighted by Gasteiger charge is 2.05. The molecule has 0 saturated heterocycles. The molecule has 1 aromatic heterocycles. The molecular weight excluding hydrogens is 220 g/mol. The maximum absolute atomic E-state index is 4.14. The Labute approximate surface area is 109 Å². The van der Waals surface area contributed by atoms with Crippen LogP contribution in [-0.2, 0) is 6.42 Å². The Morgan fingerprint density at radius 1 is 1.11 bits per heavy atom. The van der Waals surface area contributed by atoms with E-state index in [1.54, 1.807) is 0 Å². The molecule has 1 aromatic carbocycles. The van der Waals surface area contributed by atoms with Gasteiger partial charge < -0.3 is 5.32 Å². The van der Waals surface area contributed by atoms with E-state index in [1.165, 1.54) is 16.7 Å². The van der Waals surface area contributed by atoms with Gasteiger partial charge in [0.2, 0.25) is 0 Å². The molecule has 1 atom stereocenters. The molecule has 0 aliphatic heterocycles. The molecule has 0 aliphatic rings. The van der Waals surface area contributed by atoms with Crippen molar-refractivity contribution in [3.05, 3.63) is 65.5 Å². The number of benzene rings is 1. The summed E-state index contributed by atoms with van der Waals surface area (Å²) < 4.78 is 0. The van der Waals surface area contributed by atoms with Crippen LogP contribution in [-0.4, -0.2) is 12.0 Å². The third kappa shape index (κ3) is 3.17. The predicted octanol–water partition coefficient (Wildman–Crippen LogP) is 3.34. The summed E-state index contributed by atoms with van der Waals surface area (Å²) in [6, 6.07) is 13.4. The zero-order chi connectivity index (χ0) is 12.8. The largest absolute Gasteiger partial charge is 0.313 e. The van der Waals surface area contributed by atoms with E-state index in [0.29, 0.717) is 6.04 Å². The summed E-state index contributed by atoms with van der Waals surface area (Å²) in [6.45, 7) is 2.20. The molecule has 0 saturated carbocycles. The van der Waals surface area contributed by atoms with E-state index in [0.717, 1.165) is 12.8 Å². The van der Waals surface area contributed by atoms with Gasteiger partial charge in [-0.15, -0.1) is 0 Å². The molecule has 0 amide bonds. The summed E-state index contributed by atoms with van der Waals surface area (Å²) in [7, 11) is 2.01. The van der Waals surface area contributed by atoms with Gasteiger partial charge in [0.05, 0.1) is 0 Å². The summed E-state index contributed by atoms with van der Waals surface area (Å²) in [5.41, 5.74) is 3.94. The first kappa shape index (κ1) is 12.8. The van der Waals surface area contributed by atoms with Gasteiger partial charge in [-0.2, -0.15) is 0 Å². The minimum atomic E-state index is 0.456. The van der Waals surface area contributed by atoms with Gasteiger partial charge in [-0.3, -0.25) is 4.98 Å². The van der Waals surface area contributed by atoms with Crippen molar-refractivity contribution < 1.29 is 0 Å². The van der Waals surface area contributed by atoms with Gasteiger partial charge in [0.1, 0.15) is 0 Å². The molecular formula is C16H20N2. The maximum Gasteiger partial charge on any atom is 0.0314 e. The first-order valence-electron chi connectivity index (χ1n) is 6.48. The van der Waals surface area contributed by atoms with Gasteiger partial charge in [0.15, 0.2) is 0 Å². The zero-order valence-electron chi connectivity index (χ0n) is 11.1. The third-order valence-corrected chi connectivity index (χ3v) is 3.27. The lowest BCUT2D eigenvalue weighted by Gasteiger charge is -2.14. The lowest BCUT2D eigenvalue weighted by molar-refractivity contribution is 0.577. The normalized spacial score (nSPS) is 12.3. The number of hydrogen-bond donors (Lipinski definition) is 1. The van der Waals surface area contributed by atoms with Crippen molar-refractivity contribution in [3.63, 3.8) is 0 Å². The molecule has 0 spiro atoms. The molecule has 0 bridgehead atoms. The number of nitrogens with one attached hydrogen (secondary N) is 1. The highest BCUT2D eigenvalue weighted by atomic mass is 14.9. The van der Waals surface area contributed by atoms with Crippen LogP contribution in [0.4, 0.5) is 0 Å². The van der Waals surface area contributed by atoms with Gasteiger partial charge in [0.25, 0.3) is 0 Å². The van der Waals surface area contributed by atoms with Gasteiger partial charge in [0, 0.05) is 18.4 Å². The number of hydrogen-bond acceptors (Lipinski definition) is 2. The summed E-state index contributed by atoms with van der Waals surface area (Å²) in [5, 5.41) is 3.33. The van der Waals surface area contributed by atoms with Crippen LogP contribution < -0.4 is 5.32 Å². The van der Waals surface area contributed by atoms with Crippen LogP contribution in [0.2, 0.25) is 0 Å². The van der Waals surface area contributed by atoms with Crippen molar-refractivity contribution >= 4 is 0 Å². The van der Waals surface area contributed by atoms with Crippen molar-refractivity contribution in [2.45, 2.75) is 25.8 Å². The van der Waals surface area contributed by atoms with E-state index in [4.69, 9.17) is 0 Å².